The second-order valence-electron chi connectivity index (χ2n) is 4.56. The molecule has 0 bridgehead atoms. The molecular weight excluding hydrogens is 210 g/mol. The minimum absolute atomic E-state index is 1.04. The predicted molar refractivity (Wildman–Crippen MR) is 69.9 cm³/mol. The number of benzene rings is 1. The van der Waals surface area contributed by atoms with Crippen LogP contribution in [0.4, 0.5) is 0 Å². The van der Waals surface area contributed by atoms with Crippen molar-refractivity contribution in [2.24, 2.45) is 0 Å². The van der Waals surface area contributed by atoms with E-state index in [-0.39, 0.29) is 0 Å². The number of aromatic nitrogens is 1. The second kappa shape index (κ2) is 4.82. The van der Waals surface area contributed by atoms with E-state index in [0.717, 1.165) is 38.2 Å². The van der Waals surface area contributed by atoms with Gasteiger partial charge in [-0.3, -0.25) is 9.88 Å². The Labute approximate surface area is 101 Å². The molecule has 2 aromatic rings. The van der Waals surface area contributed by atoms with Crippen LogP contribution in [0.2, 0.25) is 0 Å². The topological polar surface area (TPSA) is 28.2 Å². The summed E-state index contributed by atoms with van der Waals surface area (Å²) in [6.45, 7) is 5.52. The Hall–Kier alpha value is -1.45. The molecule has 1 aliphatic heterocycles. The number of nitrogens with one attached hydrogen (secondary N) is 1. The van der Waals surface area contributed by atoms with Crippen LogP contribution in [0, 0.1) is 0 Å². The Balaban J connectivity index is 1.80. The minimum atomic E-state index is 1.04. The Morgan fingerprint density at radius 2 is 2.06 bits per heavy atom. The number of hydrogen-bond donors (Lipinski definition) is 1. The second-order valence-corrected chi connectivity index (χ2v) is 4.56. The molecule has 3 nitrogen and oxygen atoms in total. The van der Waals surface area contributed by atoms with Crippen LogP contribution in [-0.2, 0) is 6.54 Å². The Morgan fingerprint density at radius 1 is 1.18 bits per heavy atom. The molecule has 1 aromatic heterocycles. The molecule has 88 valence electrons. The Bertz CT molecular complexity index is 504. The number of fused-ring (bicyclic) bond motifs is 1. The summed E-state index contributed by atoms with van der Waals surface area (Å²) in [6, 6.07) is 10.7. The lowest BCUT2D eigenvalue weighted by Gasteiger charge is -2.27. The predicted octanol–water partition coefficient (Wildman–Crippen LogP) is 1.64. The molecule has 2 heterocycles. The van der Waals surface area contributed by atoms with Crippen molar-refractivity contribution < 1.29 is 0 Å². The molecule has 0 atom stereocenters. The van der Waals surface area contributed by atoms with Crippen LogP contribution in [0.5, 0.6) is 0 Å². The highest BCUT2D eigenvalue weighted by molar-refractivity contribution is 5.78. The summed E-state index contributed by atoms with van der Waals surface area (Å²) in [7, 11) is 0. The minimum Gasteiger partial charge on any atom is -0.314 e. The molecule has 0 spiro atoms. The van der Waals surface area contributed by atoms with Crippen molar-refractivity contribution in [3.8, 4) is 0 Å². The first kappa shape index (κ1) is 10.7. The molecule has 1 aromatic carbocycles. The van der Waals surface area contributed by atoms with Crippen LogP contribution in [-0.4, -0.2) is 36.1 Å². The molecule has 1 saturated heterocycles. The average Bonchev–Trinajstić information content (AvgIpc) is 2.40. The van der Waals surface area contributed by atoms with Crippen LogP contribution in [0.15, 0.2) is 36.5 Å². The average molecular weight is 227 g/mol. The third kappa shape index (κ3) is 2.46. The lowest BCUT2D eigenvalue weighted by Crippen LogP contribution is -2.42. The molecule has 0 aliphatic carbocycles. The molecule has 3 rings (SSSR count). The molecule has 0 amide bonds. The van der Waals surface area contributed by atoms with Gasteiger partial charge in [-0.05, 0) is 17.7 Å². The Kier molecular flexibility index (Phi) is 3.03. The molecule has 0 saturated carbocycles. The summed E-state index contributed by atoms with van der Waals surface area (Å²) in [5.41, 5.74) is 2.46. The molecule has 17 heavy (non-hydrogen) atoms. The summed E-state index contributed by atoms with van der Waals surface area (Å²) in [4.78, 5) is 6.89. The van der Waals surface area contributed by atoms with Crippen LogP contribution < -0.4 is 5.32 Å². The normalized spacial score (nSPS) is 17.4. The quantitative estimate of drug-likeness (QED) is 0.845. The maximum Gasteiger partial charge on any atom is 0.0705 e. The van der Waals surface area contributed by atoms with Crippen LogP contribution in [0.25, 0.3) is 10.9 Å². The molecule has 1 aliphatic rings. The molecule has 0 unspecified atom stereocenters. The van der Waals surface area contributed by atoms with Crippen molar-refractivity contribution in [2.45, 2.75) is 6.54 Å². The van der Waals surface area contributed by atoms with Crippen LogP contribution in [0.3, 0.4) is 0 Å². The fourth-order valence-electron chi connectivity index (χ4n) is 2.34. The van der Waals surface area contributed by atoms with Gasteiger partial charge in [-0.2, -0.15) is 0 Å². The first-order chi connectivity index (χ1) is 8.42. The third-order valence-corrected chi connectivity index (χ3v) is 3.29. The zero-order valence-corrected chi connectivity index (χ0v) is 9.89. The Morgan fingerprint density at radius 3 is 2.94 bits per heavy atom. The van der Waals surface area contributed by atoms with Gasteiger partial charge < -0.3 is 5.32 Å². The lowest BCUT2D eigenvalue weighted by molar-refractivity contribution is 0.233. The zero-order valence-electron chi connectivity index (χ0n) is 9.89. The monoisotopic (exact) mass is 227 g/mol. The van der Waals surface area contributed by atoms with Gasteiger partial charge in [0, 0.05) is 44.3 Å². The van der Waals surface area contributed by atoms with Crippen molar-refractivity contribution in [2.75, 3.05) is 26.2 Å². The van der Waals surface area contributed by atoms with Gasteiger partial charge in [0.25, 0.3) is 0 Å². The molecule has 3 heteroatoms. The van der Waals surface area contributed by atoms with Gasteiger partial charge in [0.15, 0.2) is 0 Å². The van der Waals surface area contributed by atoms with Gasteiger partial charge in [0.05, 0.1) is 5.52 Å². The van der Waals surface area contributed by atoms with E-state index in [1.165, 1.54) is 10.9 Å². The summed E-state index contributed by atoms with van der Waals surface area (Å²) < 4.78 is 0. The van der Waals surface area contributed by atoms with Crippen molar-refractivity contribution in [1.82, 2.24) is 15.2 Å². The molecule has 1 fully saturated rings. The third-order valence-electron chi connectivity index (χ3n) is 3.29. The van der Waals surface area contributed by atoms with E-state index in [9.17, 15) is 0 Å². The van der Waals surface area contributed by atoms with Gasteiger partial charge >= 0.3 is 0 Å². The number of piperazine rings is 1. The first-order valence-electron chi connectivity index (χ1n) is 6.18. The van der Waals surface area contributed by atoms with Gasteiger partial charge in [-0.1, -0.05) is 18.2 Å². The first-order valence-corrected chi connectivity index (χ1v) is 6.18. The fourth-order valence-corrected chi connectivity index (χ4v) is 2.34. The zero-order chi connectivity index (χ0) is 11.5. The number of hydrogen-bond acceptors (Lipinski definition) is 3. The van der Waals surface area contributed by atoms with Gasteiger partial charge in [-0.15, -0.1) is 0 Å². The lowest BCUT2D eigenvalue weighted by atomic mass is 10.1. The van der Waals surface area contributed by atoms with E-state index in [2.05, 4.69) is 39.5 Å². The smallest absolute Gasteiger partial charge is 0.0705 e. The molecular formula is C14H17N3. The van der Waals surface area contributed by atoms with Crippen molar-refractivity contribution in [3.63, 3.8) is 0 Å². The highest BCUT2D eigenvalue weighted by atomic mass is 15.2. The van der Waals surface area contributed by atoms with E-state index in [0.29, 0.717) is 0 Å². The summed E-state index contributed by atoms with van der Waals surface area (Å²) >= 11 is 0. The SMILES string of the molecule is c1cnc2cc(CN3CCNCC3)ccc2c1. The largest absolute Gasteiger partial charge is 0.314 e. The van der Waals surface area contributed by atoms with Crippen molar-refractivity contribution in [1.29, 1.82) is 0 Å². The molecule has 0 radical (unpaired) electrons. The highest BCUT2D eigenvalue weighted by Gasteiger charge is 2.09. The number of rotatable bonds is 2. The van der Waals surface area contributed by atoms with Crippen molar-refractivity contribution >= 4 is 10.9 Å². The maximum atomic E-state index is 4.40. The summed E-state index contributed by atoms with van der Waals surface area (Å²) in [5.74, 6) is 0. The van der Waals surface area contributed by atoms with Crippen LogP contribution in [0.1, 0.15) is 5.56 Å². The van der Waals surface area contributed by atoms with Crippen LogP contribution >= 0.6 is 0 Å². The summed E-state index contributed by atoms with van der Waals surface area (Å²) in [6.07, 6.45) is 1.86. The van der Waals surface area contributed by atoms with E-state index < -0.39 is 0 Å². The fraction of sp³-hybridized carbons (Fsp3) is 0.357. The molecule has 1 N–H and O–H groups in total. The van der Waals surface area contributed by atoms with E-state index in [1.54, 1.807) is 0 Å². The van der Waals surface area contributed by atoms with Gasteiger partial charge in [0.1, 0.15) is 0 Å². The van der Waals surface area contributed by atoms with Crippen molar-refractivity contribution in [3.05, 3.63) is 42.1 Å². The standard InChI is InChI=1S/C14H17N3/c1-2-13-4-3-12(10-14(13)16-5-1)11-17-8-6-15-7-9-17/h1-5,10,15H,6-9,11H2. The van der Waals surface area contributed by atoms with E-state index >= 15 is 0 Å². The van der Waals surface area contributed by atoms with E-state index in [4.69, 9.17) is 0 Å². The number of pyridine rings is 1. The highest BCUT2D eigenvalue weighted by Crippen LogP contribution is 2.14. The van der Waals surface area contributed by atoms with E-state index in [1.807, 2.05) is 12.3 Å². The maximum absolute atomic E-state index is 4.40. The van der Waals surface area contributed by atoms with Gasteiger partial charge in [0.2, 0.25) is 0 Å². The number of nitrogens with zero attached hydrogens (tertiary/aromatic N) is 2. The summed E-state index contributed by atoms with van der Waals surface area (Å²) in [5, 5.41) is 4.60. The van der Waals surface area contributed by atoms with Gasteiger partial charge in [-0.25, -0.2) is 0 Å².